The molecule has 0 aliphatic rings. The highest BCUT2D eigenvalue weighted by molar-refractivity contribution is 6.28. The first kappa shape index (κ1) is 20.8. The van der Waals surface area contributed by atoms with Crippen molar-refractivity contribution in [3.63, 3.8) is 0 Å². The maximum Gasteiger partial charge on any atom is 0.226 e. The lowest BCUT2D eigenvalue weighted by Gasteiger charge is -2.05. The highest BCUT2D eigenvalue weighted by Crippen LogP contribution is 2.35. The zero-order valence-corrected chi connectivity index (χ0v) is 19.8. The van der Waals surface area contributed by atoms with E-state index in [1.807, 2.05) is 48.5 Å². The van der Waals surface area contributed by atoms with Gasteiger partial charge < -0.3 is 4.42 Å². The molecule has 0 unspecified atom stereocenters. The van der Waals surface area contributed by atoms with E-state index < -0.39 is 0 Å². The summed E-state index contributed by atoms with van der Waals surface area (Å²) in [6, 6.07) is 37.1. The van der Waals surface area contributed by atoms with E-state index in [4.69, 9.17) is 16.0 Å². The molecule has 4 nitrogen and oxygen atoms in total. The first-order chi connectivity index (χ1) is 17.7. The topological polar surface area (TPSA) is 51.8 Å². The van der Waals surface area contributed by atoms with Crippen LogP contribution in [0.2, 0.25) is 5.28 Å². The summed E-state index contributed by atoms with van der Waals surface area (Å²) in [5.74, 6) is 1.04. The molecule has 2 aromatic heterocycles. The molecule has 0 radical (unpaired) electrons. The Hall–Kier alpha value is -4.54. The molecular formula is C31H18ClN3O. The maximum absolute atomic E-state index is 6.26. The van der Waals surface area contributed by atoms with E-state index in [-0.39, 0.29) is 5.28 Å². The molecule has 5 aromatic carbocycles. The van der Waals surface area contributed by atoms with Gasteiger partial charge in [-0.25, -0.2) is 4.98 Å². The van der Waals surface area contributed by atoms with Gasteiger partial charge in [0.25, 0.3) is 0 Å². The number of aromatic nitrogens is 3. The average Bonchev–Trinajstić information content (AvgIpc) is 3.30. The molecule has 0 amide bonds. The standard InChI is InChI=1S/C31H18ClN3O/c32-31-34-29(20-7-2-1-3-8-20)33-30(35-31)24-12-14-25-26-17-23(13-15-27(26)36-28(25)18-24)22-11-10-19-6-4-5-9-21(19)16-22/h1-18H. The molecular weight excluding hydrogens is 466 g/mol. The Labute approximate surface area is 211 Å². The number of nitrogens with zero attached hydrogens (tertiary/aromatic N) is 3. The minimum atomic E-state index is 0.156. The number of halogens is 1. The largest absolute Gasteiger partial charge is 0.456 e. The predicted molar refractivity (Wildman–Crippen MR) is 146 cm³/mol. The smallest absolute Gasteiger partial charge is 0.226 e. The van der Waals surface area contributed by atoms with Crippen molar-refractivity contribution in [2.75, 3.05) is 0 Å². The molecule has 170 valence electrons. The lowest BCUT2D eigenvalue weighted by Crippen LogP contribution is -1.97. The molecule has 7 aromatic rings. The summed E-state index contributed by atoms with van der Waals surface area (Å²) in [6.45, 7) is 0. The molecule has 7 rings (SSSR count). The molecule has 2 heterocycles. The van der Waals surface area contributed by atoms with Gasteiger partial charge in [0.15, 0.2) is 11.6 Å². The fourth-order valence-electron chi connectivity index (χ4n) is 4.66. The minimum absolute atomic E-state index is 0.156. The van der Waals surface area contributed by atoms with Crippen LogP contribution in [0.4, 0.5) is 0 Å². The Morgan fingerprint density at radius 2 is 1.17 bits per heavy atom. The SMILES string of the molecule is Clc1nc(-c2ccccc2)nc(-c2ccc3c(c2)oc2ccc(-c4ccc5ccccc5c4)cc23)n1. The van der Waals surface area contributed by atoms with E-state index in [1.54, 1.807) is 0 Å². The molecule has 0 aliphatic carbocycles. The molecule has 36 heavy (non-hydrogen) atoms. The molecule has 0 aliphatic heterocycles. The van der Waals surface area contributed by atoms with Gasteiger partial charge in [-0.1, -0.05) is 78.9 Å². The van der Waals surface area contributed by atoms with Crippen molar-refractivity contribution in [2.45, 2.75) is 0 Å². The Bertz CT molecular complexity index is 1910. The summed E-state index contributed by atoms with van der Waals surface area (Å²) in [4.78, 5) is 13.3. The summed E-state index contributed by atoms with van der Waals surface area (Å²) >= 11 is 6.26. The summed E-state index contributed by atoms with van der Waals surface area (Å²) in [5.41, 5.74) is 5.64. The fourth-order valence-corrected chi connectivity index (χ4v) is 4.82. The Morgan fingerprint density at radius 3 is 2.03 bits per heavy atom. The van der Waals surface area contributed by atoms with Crippen LogP contribution in [-0.4, -0.2) is 15.0 Å². The van der Waals surface area contributed by atoms with Crippen LogP contribution in [0.25, 0.3) is 66.6 Å². The quantitative estimate of drug-likeness (QED) is 0.252. The molecule has 0 spiro atoms. The van der Waals surface area contributed by atoms with Crippen LogP contribution in [0, 0.1) is 0 Å². The van der Waals surface area contributed by atoms with Crippen LogP contribution < -0.4 is 0 Å². The number of fused-ring (bicyclic) bond motifs is 4. The van der Waals surface area contributed by atoms with Gasteiger partial charge in [-0.3, -0.25) is 0 Å². The second-order valence-corrected chi connectivity index (χ2v) is 9.04. The van der Waals surface area contributed by atoms with E-state index in [0.29, 0.717) is 11.6 Å². The molecule has 0 N–H and O–H groups in total. The van der Waals surface area contributed by atoms with E-state index in [9.17, 15) is 0 Å². The maximum atomic E-state index is 6.26. The fraction of sp³-hybridized carbons (Fsp3) is 0. The van der Waals surface area contributed by atoms with Gasteiger partial charge in [-0.05, 0) is 63.8 Å². The van der Waals surface area contributed by atoms with Gasteiger partial charge in [-0.2, -0.15) is 9.97 Å². The summed E-state index contributed by atoms with van der Waals surface area (Å²) < 4.78 is 6.22. The van der Waals surface area contributed by atoms with Gasteiger partial charge in [0, 0.05) is 21.9 Å². The van der Waals surface area contributed by atoms with Crippen molar-refractivity contribution in [1.82, 2.24) is 15.0 Å². The number of hydrogen-bond acceptors (Lipinski definition) is 4. The van der Waals surface area contributed by atoms with E-state index in [2.05, 4.69) is 75.6 Å². The number of benzene rings is 5. The van der Waals surface area contributed by atoms with Crippen molar-refractivity contribution in [3.05, 3.63) is 114 Å². The summed E-state index contributed by atoms with van der Waals surface area (Å²) in [6.07, 6.45) is 0. The highest BCUT2D eigenvalue weighted by atomic mass is 35.5. The highest BCUT2D eigenvalue weighted by Gasteiger charge is 2.13. The van der Waals surface area contributed by atoms with Crippen molar-refractivity contribution in [1.29, 1.82) is 0 Å². The second kappa shape index (κ2) is 8.29. The number of rotatable bonds is 3. The van der Waals surface area contributed by atoms with Crippen LogP contribution in [0.1, 0.15) is 0 Å². The molecule has 0 fully saturated rings. The molecule has 0 saturated carbocycles. The lowest BCUT2D eigenvalue weighted by molar-refractivity contribution is 0.669. The van der Waals surface area contributed by atoms with Crippen molar-refractivity contribution >= 4 is 44.3 Å². The Morgan fingerprint density at radius 1 is 0.472 bits per heavy atom. The molecule has 0 atom stereocenters. The summed E-state index contributed by atoms with van der Waals surface area (Å²) in [7, 11) is 0. The third kappa shape index (κ3) is 3.60. The third-order valence-electron chi connectivity index (χ3n) is 6.45. The first-order valence-corrected chi connectivity index (χ1v) is 12.0. The minimum Gasteiger partial charge on any atom is -0.456 e. The Kier molecular flexibility index (Phi) is 4.79. The van der Waals surface area contributed by atoms with E-state index in [1.165, 1.54) is 16.3 Å². The van der Waals surface area contributed by atoms with Gasteiger partial charge in [-0.15, -0.1) is 0 Å². The zero-order valence-electron chi connectivity index (χ0n) is 19.0. The summed E-state index contributed by atoms with van der Waals surface area (Å²) in [5, 5.41) is 4.73. The van der Waals surface area contributed by atoms with Crippen molar-refractivity contribution in [2.24, 2.45) is 0 Å². The monoisotopic (exact) mass is 483 g/mol. The van der Waals surface area contributed by atoms with Gasteiger partial charge in [0.1, 0.15) is 11.2 Å². The first-order valence-electron chi connectivity index (χ1n) is 11.6. The third-order valence-corrected chi connectivity index (χ3v) is 6.62. The normalized spacial score (nSPS) is 11.5. The van der Waals surface area contributed by atoms with Crippen LogP contribution >= 0.6 is 11.6 Å². The van der Waals surface area contributed by atoms with Crippen LogP contribution in [0.5, 0.6) is 0 Å². The lowest BCUT2D eigenvalue weighted by atomic mass is 9.99. The van der Waals surface area contributed by atoms with E-state index >= 15 is 0 Å². The molecule has 0 saturated heterocycles. The number of furan rings is 1. The van der Waals surface area contributed by atoms with Gasteiger partial charge in [0.05, 0.1) is 0 Å². The Balaban J connectivity index is 1.32. The second-order valence-electron chi connectivity index (χ2n) is 8.70. The van der Waals surface area contributed by atoms with Gasteiger partial charge >= 0.3 is 0 Å². The molecule has 5 heteroatoms. The van der Waals surface area contributed by atoms with Crippen LogP contribution in [-0.2, 0) is 0 Å². The van der Waals surface area contributed by atoms with Crippen molar-refractivity contribution in [3.8, 4) is 33.9 Å². The average molecular weight is 484 g/mol. The predicted octanol–water partition coefficient (Wildman–Crippen LogP) is 8.58. The molecule has 0 bridgehead atoms. The van der Waals surface area contributed by atoms with Crippen molar-refractivity contribution < 1.29 is 4.42 Å². The number of hydrogen-bond donors (Lipinski definition) is 0. The van der Waals surface area contributed by atoms with Crippen LogP contribution in [0.3, 0.4) is 0 Å². The van der Waals surface area contributed by atoms with Gasteiger partial charge in [0.2, 0.25) is 5.28 Å². The van der Waals surface area contributed by atoms with Crippen LogP contribution in [0.15, 0.2) is 114 Å². The van der Waals surface area contributed by atoms with E-state index in [0.717, 1.165) is 38.6 Å². The zero-order chi connectivity index (χ0) is 24.1.